The molecular weight excluding hydrogens is 196 g/mol. The van der Waals surface area contributed by atoms with Crippen molar-refractivity contribution >= 4 is 17.3 Å². The van der Waals surface area contributed by atoms with Gasteiger partial charge in [-0.2, -0.15) is 11.3 Å². The standard InChI is InChI=1S/C11H16O2S/c1-3-4-8(2)10(11(12)13)9-5-6-14-7-9/h5-8,10H,3-4H2,1-2H3,(H,12,13). The molecule has 0 saturated carbocycles. The molecule has 0 amide bonds. The van der Waals surface area contributed by atoms with Gasteiger partial charge in [-0.15, -0.1) is 0 Å². The summed E-state index contributed by atoms with van der Waals surface area (Å²) in [5.74, 6) is -0.822. The van der Waals surface area contributed by atoms with E-state index >= 15 is 0 Å². The zero-order chi connectivity index (χ0) is 10.6. The minimum Gasteiger partial charge on any atom is -0.481 e. The van der Waals surface area contributed by atoms with Gasteiger partial charge in [-0.1, -0.05) is 20.3 Å². The molecular formula is C11H16O2S. The van der Waals surface area contributed by atoms with Crippen molar-refractivity contribution in [1.29, 1.82) is 0 Å². The predicted molar refractivity (Wildman–Crippen MR) is 58.8 cm³/mol. The molecule has 1 heterocycles. The molecule has 0 bridgehead atoms. The first-order valence-electron chi connectivity index (χ1n) is 4.91. The Balaban J connectivity index is 2.80. The van der Waals surface area contributed by atoms with Gasteiger partial charge in [0.05, 0.1) is 5.92 Å². The van der Waals surface area contributed by atoms with Crippen LogP contribution in [0.25, 0.3) is 0 Å². The van der Waals surface area contributed by atoms with E-state index in [0.29, 0.717) is 0 Å². The molecule has 0 saturated heterocycles. The molecule has 3 heteroatoms. The largest absolute Gasteiger partial charge is 0.481 e. The number of hydrogen-bond donors (Lipinski definition) is 1. The van der Waals surface area contributed by atoms with E-state index < -0.39 is 5.97 Å². The van der Waals surface area contributed by atoms with Crippen LogP contribution >= 0.6 is 11.3 Å². The third kappa shape index (κ3) is 2.58. The molecule has 2 nitrogen and oxygen atoms in total. The lowest BCUT2D eigenvalue weighted by atomic mass is 9.86. The summed E-state index contributed by atoms with van der Waals surface area (Å²) in [5, 5.41) is 13.0. The van der Waals surface area contributed by atoms with Crippen molar-refractivity contribution in [2.24, 2.45) is 5.92 Å². The Kier molecular flexibility index (Phi) is 4.14. The van der Waals surface area contributed by atoms with Crippen LogP contribution in [0.4, 0.5) is 0 Å². The topological polar surface area (TPSA) is 37.3 Å². The quantitative estimate of drug-likeness (QED) is 0.812. The first kappa shape index (κ1) is 11.2. The minimum absolute atomic E-state index is 0.215. The van der Waals surface area contributed by atoms with Crippen molar-refractivity contribution in [2.45, 2.75) is 32.6 Å². The summed E-state index contributed by atoms with van der Waals surface area (Å²) in [7, 11) is 0. The fourth-order valence-electron chi connectivity index (χ4n) is 1.79. The molecule has 0 radical (unpaired) electrons. The van der Waals surface area contributed by atoms with Gasteiger partial charge < -0.3 is 5.11 Å². The Labute approximate surface area is 88.6 Å². The van der Waals surface area contributed by atoms with Gasteiger partial charge in [-0.25, -0.2) is 0 Å². The number of carbonyl (C=O) groups is 1. The van der Waals surface area contributed by atoms with Gasteiger partial charge in [-0.3, -0.25) is 4.79 Å². The molecule has 2 atom stereocenters. The van der Waals surface area contributed by atoms with Crippen LogP contribution in [0.5, 0.6) is 0 Å². The smallest absolute Gasteiger partial charge is 0.311 e. The summed E-state index contributed by atoms with van der Waals surface area (Å²) in [6.07, 6.45) is 2.00. The van der Waals surface area contributed by atoms with E-state index in [9.17, 15) is 4.79 Å². The van der Waals surface area contributed by atoms with Crippen LogP contribution in [-0.2, 0) is 4.79 Å². The van der Waals surface area contributed by atoms with Crippen LogP contribution in [0.15, 0.2) is 16.8 Å². The normalized spacial score (nSPS) is 15.0. The Morgan fingerprint density at radius 3 is 2.79 bits per heavy atom. The van der Waals surface area contributed by atoms with Crippen molar-refractivity contribution in [2.75, 3.05) is 0 Å². The number of aliphatic carboxylic acids is 1. The van der Waals surface area contributed by atoms with Crippen LogP contribution in [0, 0.1) is 5.92 Å². The molecule has 2 unspecified atom stereocenters. The summed E-state index contributed by atoms with van der Waals surface area (Å²) in [6.45, 7) is 4.10. The van der Waals surface area contributed by atoms with Gasteiger partial charge in [0, 0.05) is 0 Å². The van der Waals surface area contributed by atoms with Crippen molar-refractivity contribution < 1.29 is 9.90 Å². The second-order valence-electron chi connectivity index (χ2n) is 3.64. The monoisotopic (exact) mass is 212 g/mol. The minimum atomic E-state index is -0.704. The third-order valence-corrected chi connectivity index (χ3v) is 3.18. The second-order valence-corrected chi connectivity index (χ2v) is 4.42. The zero-order valence-corrected chi connectivity index (χ0v) is 9.38. The van der Waals surface area contributed by atoms with Crippen molar-refractivity contribution in [3.05, 3.63) is 22.4 Å². The van der Waals surface area contributed by atoms with Crippen LogP contribution < -0.4 is 0 Å². The van der Waals surface area contributed by atoms with Gasteiger partial charge in [0.1, 0.15) is 0 Å². The molecule has 0 fully saturated rings. The van der Waals surface area contributed by atoms with E-state index in [1.165, 1.54) is 0 Å². The van der Waals surface area contributed by atoms with Gasteiger partial charge in [0.2, 0.25) is 0 Å². The molecule has 1 aromatic rings. The zero-order valence-electron chi connectivity index (χ0n) is 8.56. The van der Waals surface area contributed by atoms with Gasteiger partial charge in [0.25, 0.3) is 0 Å². The lowest BCUT2D eigenvalue weighted by Gasteiger charge is -2.18. The second kappa shape index (κ2) is 5.15. The predicted octanol–water partition coefficient (Wildman–Crippen LogP) is 3.35. The summed E-state index contributed by atoms with van der Waals surface area (Å²) in [6, 6.07) is 1.91. The van der Waals surface area contributed by atoms with Crippen molar-refractivity contribution in [3.63, 3.8) is 0 Å². The fraction of sp³-hybridized carbons (Fsp3) is 0.545. The highest BCUT2D eigenvalue weighted by Gasteiger charge is 2.25. The maximum absolute atomic E-state index is 11.1. The van der Waals surface area contributed by atoms with Crippen LogP contribution in [0.1, 0.15) is 38.2 Å². The molecule has 78 valence electrons. The third-order valence-electron chi connectivity index (χ3n) is 2.48. The maximum atomic E-state index is 11.1. The van der Waals surface area contributed by atoms with Crippen molar-refractivity contribution in [3.8, 4) is 0 Å². The van der Waals surface area contributed by atoms with Gasteiger partial charge >= 0.3 is 5.97 Å². The summed E-state index contributed by atoms with van der Waals surface area (Å²) >= 11 is 1.56. The average Bonchev–Trinajstić information content (AvgIpc) is 2.57. The van der Waals surface area contributed by atoms with Crippen LogP contribution in [0.2, 0.25) is 0 Å². The van der Waals surface area contributed by atoms with E-state index in [0.717, 1.165) is 18.4 Å². The summed E-state index contributed by atoms with van der Waals surface area (Å²) in [4.78, 5) is 11.1. The molecule has 0 aliphatic rings. The molecule has 0 aliphatic heterocycles. The number of rotatable bonds is 5. The highest BCUT2D eigenvalue weighted by atomic mass is 32.1. The number of hydrogen-bond acceptors (Lipinski definition) is 2. The number of thiophene rings is 1. The van der Waals surface area contributed by atoms with Crippen LogP contribution in [-0.4, -0.2) is 11.1 Å². The summed E-state index contributed by atoms with van der Waals surface area (Å²) < 4.78 is 0. The van der Waals surface area contributed by atoms with Gasteiger partial charge in [0.15, 0.2) is 0 Å². The molecule has 0 aromatic carbocycles. The number of carboxylic acids is 1. The Bertz CT molecular complexity index is 279. The lowest BCUT2D eigenvalue weighted by molar-refractivity contribution is -0.140. The molecule has 0 spiro atoms. The molecule has 1 aromatic heterocycles. The molecule has 14 heavy (non-hydrogen) atoms. The maximum Gasteiger partial charge on any atom is 0.311 e. The van der Waals surface area contributed by atoms with Crippen LogP contribution in [0.3, 0.4) is 0 Å². The summed E-state index contributed by atoms with van der Waals surface area (Å²) in [5.41, 5.74) is 0.948. The molecule has 0 aliphatic carbocycles. The average molecular weight is 212 g/mol. The van der Waals surface area contributed by atoms with Gasteiger partial charge in [-0.05, 0) is 34.7 Å². The SMILES string of the molecule is CCCC(C)C(C(=O)O)c1ccsc1. The Hall–Kier alpha value is -0.830. The Morgan fingerprint density at radius 1 is 1.64 bits per heavy atom. The molecule has 1 rings (SSSR count). The van der Waals surface area contributed by atoms with E-state index in [2.05, 4.69) is 6.92 Å². The molecule has 1 N–H and O–H groups in total. The first-order chi connectivity index (χ1) is 6.66. The van der Waals surface area contributed by atoms with E-state index in [1.807, 2.05) is 23.8 Å². The highest BCUT2D eigenvalue weighted by molar-refractivity contribution is 7.08. The van der Waals surface area contributed by atoms with E-state index in [-0.39, 0.29) is 11.8 Å². The fourth-order valence-corrected chi connectivity index (χ4v) is 2.49. The lowest BCUT2D eigenvalue weighted by Crippen LogP contribution is -2.18. The Morgan fingerprint density at radius 2 is 2.36 bits per heavy atom. The van der Waals surface area contributed by atoms with E-state index in [4.69, 9.17) is 5.11 Å². The first-order valence-corrected chi connectivity index (χ1v) is 5.86. The highest BCUT2D eigenvalue weighted by Crippen LogP contribution is 2.29. The van der Waals surface area contributed by atoms with Crippen molar-refractivity contribution in [1.82, 2.24) is 0 Å². The number of carboxylic acid groups (broad SMARTS) is 1. The van der Waals surface area contributed by atoms with E-state index in [1.54, 1.807) is 11.3 Å².